The number of benzene rings is 1. The highest BCUT2D eigenvalue weighted by atomic mass is 16.3. The number of aryl methyl sites for hydroxylation is 1. The fourth-order valence-electron chi connectivity index (χ4n) is 7.07. The average Bonchev–Trinajstić information content (AvgIpc) is 3.81. The molecule has 1 saturated carbocycles. The topological polar surface area (TPSA) is 149 Å². The van der Waals surface area contributed by atoms with Gasteiger partial charge in [0.05, 0.1) is 11.6 Å². The maximum atomic E-state index is 13.2. The third-order valence-corrected chi connectivity index (χ3v) is 9.42. The highest BCUT2D eigenvalue weighted by molar-refractivity contribution is 5.95. The number of aromatic hydroxyl groups is 1. The molecule has 9 nitrogen and oxygen atoms in total. The van der Waals surface area contributed by atoms with Gasteiger partial charge in [0.15, 0.2) is 0 Å². The molecule has 9 heteroatoms. The number of nitrogens with two attached hydrogens (primary N) is 1. The van der Waals surface area contributed by atoms with Crippen molar-refractivity contribution in [3.8, 4) is 5.75 Å². The van der Waals surface area contributed by atoms with Crippen molar-refractivity contribution in [2.75, 3.05) is 20.1 Å². The number of carbonyl (C=O) groups excluding carboxylic acids is 2. The minimum Gasteiger partial charge on any atom is -0.508 e. The lowest BCUT2D eigenvalue weighted by Gasteiger charge is -2.60. The number of likely N-dealkylation sites (tertiary alicyclic amines) is 1. The highest BCUT2D eigenvalue weighted by Gasteiger charge is 2.61. The molecule has 6 N–H and O–H groups in total. The van der Waals surface area contributed by atoms with Gasteiger partial charge in [-0.1, -0.05) is 33.8 Å². The number of hydrogen-bond acceptors (Lipinski definition) is 7. The number of piperidine rings is 1. The Morgan fingerprint density at radius 2 is 1.88 bits per heavy atom. The van der Waals surface area contributed by atoms with Crippen LogP contribution < -0.4 is 16.6 Å². The molecule has 1 aromatic heterocycles. The van der Waals surface area contributed by atoms with Crippen molar-refractivity contribution >= 4 is 12.2 Å². The van der Waals surface area contributed by atoms with Crippen LogP contribution in [0, 0.1) is 18.8 Å². The minimum absolute atomic E-state index is 0.0488. The number of H-pyrrole nitrogens is 1. The first-order chi connectivity index (χ1) is 20.5. The zero-order chi connectivity index (χ0) is 32.1. The quantitative estimate of drug-likeness (QED) is 0.292. The van der Waals surface area contributed by atoms with Crippen LogP contribution in [0.1, 0.15) is 93.0 Å². The number of pyridine rings is 1. The van der Waals surface area contributed by atoms with Gasteiger partial charge in [0.25, 0.3) is 11.5 Å². The largest absolute Gasteiger partial charge is 0.508 e. The summed E-state index contributed by atoms with van der Waals surface area (Å²) in [6.07, 6.45) is 4.98. The summed E-state index contributed by atoms with van der Waals surface area (Å²) >= 11 is 0. The normalized spacial score (nSPS) is 25.2. The lowest BCUT2D eigenvalue weighted by Crippen LogP contribution is -2.71. The number of nitrogens with zero attached hydrogens (tertiary/aromatic N) is 1. The van der Waals surface area contributed by atoms with Crippen molar-refractivity contribution in [3.05, 3.63) is 62.6 Å². The van der Waals surface area contributed by atoms with Crippen molar-refractivity contribution in [1.29, 1.82) is 0 Å². The zero-order valence-corrected chi connectivity index (χ0v) is 27.0. The monoisotopic (exact) mass is 596 g/mol. The molecular formula is C34H52N4O5. The number of rotatable bonds is 8. The Balaban J connectivity index is 0.00000121. The summed E-state index contributed by atoms with van der Waals surface area (Å²) in [5, 5.41) is 25.9. The van der Waals surface area contributed by atoms with Crippen LogP contribution in [-0.2, 0) is 23.1 Å². The van der Waals surface area contributed by atoms with Gasteiger partial charge in [0, 0.05) is 36.5 Å². The highest BCUT2D eigenvalue weighted by Crippen LogP contribution is 2.54. The number of fused-ring (bicyclic) bond motifs is 2. The Kier molecular flexibility index (Phi) is 11.4. The van der Waals surface area contributed by atoms with Crippen LogP contribution in [0.3, 0.4) is 0 Å². The molecule has 238 valence electrons. The van der Waals surface area contributed by atoms with E-state index in [0.29, 0.717) is 37.2 Å². The van der Waals surface area contributed by atoms with Gasteiger partial charge < -0.3 is 31.0 Å². The number of amides is 1. The van der Waals surface area contributed by atoms with Crippen LogP contribution >= 0.6 is 0 Å². The van der Waals surface area contributed by atoms with E-state index in [-0.39, 0.29) is 29.7 Å². The third kappa shape index (κ3) is 6.89. The standard InChI is InChI=1S/C31H41N3O5.C2H6.CH5N/c1-18(2)11-23(17-35)32-28(37)25-12-22-14-31(39)20(4)34(16-21-6-7-21)10-9-30(31,15-27(22)33-29(25)38)26-13-24(36)8-5-19(26)3;2*1-2/h5,8,12-13,17-18,20-21,23,36,39H,6-7,9-11,14-16H2,1-4H3,(H,32,37)(H,33,38);1-2H3;2H2,1H3. The number of hydrogen-bond donors (Lipinski definition) is 5. The van der Waals surface area contributed by atoms with E-state index < -0.39 is 28.5 Å². The van der Waals surface area contributed by atoms with E-state index >= 15 is 0 Å². The van der Waals surface area contributed by atoms with Crippen molar-refractivity contribution in [1.82, 2.24) is 15.2 Å². The molecule has 2 fully saturated rings. The van der Waals surface area contributed by atoms with Gasteiger partial charge in [-0.15, -0.1) is 0 Å². The summed E-state index contributed by atoms with van der Waals surface area (Å²) in [5.41, 5.74) is 5.37. The first kappa shape index (κ1) is 34.5. The van der Waals surface area contributed by atoms with Gasteiger partial charge in [0.2, 0.25) is 0 Å². The SMILES string of the molecule is CC.CN.Cc1ccc(O)cc1C12CCN(CC3CC3)C(C)C1(O)Cc1cc(C(=O)NC(C=O)CC(C)C)c(=O)[nH]c1C2. The lowest BCUT2D eigenvalue weighted by molar-refractivity contribution is -0.139. The van der Waals surface area contributed by atoms with Crippen LogP contribution in [0.2, 0.25) is 0 Å². The number of carbonyl (C=O) groups is 2. The average molecular weight is 597 g/mol. The van der Waals surface area contributed by atoms with Gasteiger partial charge in [-0.25, -0.2) is 0 Å². The summed E-state index contributed by atoms with van der Waals surface area (Å²) in [6, 6.07) is 6.07. The third-order valence-electron chi connectivity index (χ3n) is 9.42. The van der Waals surface area contributed by atoms with E-state index in [4.69, 9.17) is 0 Å². The number of aromatic nitrogens is 1. The predicted octanol–water partition coefficient (Wildman–Crippen LogP) is 3.61. The molecule has 1 amide bonds. The molecule has 2 aromatic rings. The van der Waals surface area contributed by atoms with Crippen LogP contribution in [0.15, 0.2) is 29.1 Å². The van der Waals surface area contributed by atoms with E-state index in [1.165, 1.54) is 19.9 Å². The van der Waals surface area contributed by atoms with E-state index in [1.807, 2.05) is 40.7 Å². The summed E-state index contributed by atoms with van der Waals surface area (Å²) < 4.78 is 0. The van der Waals surface area contributed by atoms with Gasteiger partial charge in [-0.2, -0.15) is 0 Å². The summed E-state index contributed by atoms with van der Waals surface area (Å²) in [7, 11) is 1.50. The van der Waals surface area contributed by atoms with Gasteiger partial charge in [-0.05, 0) is 99.8 Å². The van der Waals surface area contributed by atoms with E-state index in [1.54, 1.807) is 18.2 Å². The Morgan fingerprint density at radius 3 is 2.49 bits per heavy atom. The number of nitrogens with one attached hydrogen (secondary N) is 2. The Bertz CT molecular complexity index is 1340. The first-order valence-electron chi connectivity index (χ1n) is 15.8. The predicted molar refractivity (Wildman–Crippen MR) is 171 cm³/mol. The maximum Gasteiger partial charge on any atom is 0.261 e. The van der Waals surface area contributed by atoms with Gasteiger partial charge in [0.1, 0.15) is 17.6 Å². The Morgan fingerprint density at radius 1 is 1.21 bits per heavy atom. The zero-order valence-electron chi connectivity index (χ0n) is 27.0. The minimum atomic E-state index is -1.19. The molecule has 1 aliphatic heterocycles. The molecule has 4 atom stereocenters. The van der Waals surface area contributed by atoms with Crippen molar-refractivity contribution in [3.63, 3.8) is 0 Å². The van der Waals surface area contributed by atoms with E-state index in [9.17, 15) is 24.6 Å². The molecule has 5 rings (SSSR count). The Hall–Kier alpha value is -3.01. The van der Waals surface area contributed by atoms with Crippen LogP contribution in [0.5, 0.6) is 5.75 Å². The molecule has 0 radical (unpaired) electrons. The maximum absolute atomic E-state index is 13.2. The molecule has 2 heterocycles. The second kappa shape index (κ2) is 14.2. The fourth-order valence-corrected chi connectivity index (χ4v) is 7.07. The summed E-state index contributed by atoms with van der Waals surface area (Å²) in [4.78, 5) is 43.1. The summed E-state index contributed by atoms with van der Waals surface area (Å²) in [6.45, 7) is 13.8. The van der Waals surface area contributed by atoms with E-state index in [0.717, 1.165) is 29.8 Å². The second-order valence-corrected chi connectivity index (χ2v) is 12.6. The molecule has 0 spiro atoms. The number of phenols is 1. The second-order valence-electron chi connectivity index (χ2n) is 12.6. The van der Waals surface area contributed by atoms with Crippen LogP contribution in [0.25, 0.3) is 0 Å². The van der Waals surface area contributed by atoms with Crippen molar-refractivity contribution in [2.24, 2.45) is 17.6 Å². The van der Waals surface area contributed by atoms with Crippen molar-refractivity contribution in [2.45, 2.75) is 103 Å². The number of phenolic OH excluding ortho intramolecular Hbond substituents is 1. The van der Waals surface area contributed by atoms with Gasteiger partial charge >= 0.3 is 0 Å². The molecule has 3 aliphatic rings. The Labute approximate surface area is 256 Å². The molecule has 0 bridgehead atoms. The van der Waals surface area contributed by atoms with Crippen LogP contribution in [-0.4, -0.2) is 70.1 Å². The molecule has 1 aromatic carbocycles. The molecular weight excluding hydrogens is 544 g/mol. The first-order valence-corrected chi connectivity index (χ1v) is 15.8. The molecule has 4 unspecified atom stereocenters. The molecule has 1 saturated heterocycles. The fraction of sp³-hybridized carbons (Fsp3) is 0.618. The smallest absolute Gasteiger partial charge is 0.261 e. The van der Waals surface area contributed by atoms with Gasteiger partial charge in [-0.3, -0.25) is 14.5 Å². The van der Waals surface area contributed by atoms with Crippen LogP contribution in [0.4, 0.5) is 0 Å². The van der Waals surface area contributed by atoms with Crippen molar-refractivity contribution < 1.29 is 19.8 Å². The molecule has 43 heavy (non-hydrogen) atoms. The lowest BCUT2D eigenvalue weighted by atomic mass is 9.53. The molecule has 2 aliphatic carbocycles. The number of aromatic amines is 1. The number of aldehydes is 1. The summed E-state index contributed by atoms with van der Waals surface area (Å²) in [5.74, 6) is 0.441. The number of aliphatic hydroxyl groups is 1. The van der Waals surface area contributed by atoms with E-state index in [2.05, 4.69) is 27.9 Å².